The van der Waals surface area contributed by atoms with Gasteiger partial charge < -0.3 is 14.4 Å². The first kappa shape index (κ1) is 34.8. The van der Waals surface area contributed by atoms with E-state index in [1.54, 1.807) is 14.0 Å². The topological polar surface area (TPSA) is 127 Å². The van der Waals surface area contributed by atoms with Crippen molar-refractivity contribution in [2.75, 3.05) is 38.8 Å². The molecule has 0 radical (unpaired) electrons. The second kappa shape index (κ2) is 16.5. The Morgan fingerprint density at radius 3 is 2.31 bits per heavy atom. The molecule has 5 rings (SSSR count). The standard InChI is InChI=1S/C36H41N5O6S/c1-25-33(35(43)47-3)34(38-36(37-25)48-24-26-11-17-31(46-2)18-12-26)40(29-13-15-30(16-14-29)41(44)45)32(42)10-7-21-39-22-19-28(20-23-39)27-8-5-4-6-9-27/h4-6,8-9,11-18,28,33-34H,7,10,19-24H2,1-3H3. The lowest BCUT2D eigenvalue weighted by atomic mass is 9.89. The number of methoxy groups -OCH3 is 2. The maximum atomic E-state index is 14.1. The molecule has 0 bridgehead atoms. The van der Waals surface area contributed by atoms with Crippen molar-refractivity contribution in [3.63, 3.8) is 0 Å². The van der Waals surface area contributed by atoms with Crippen LogP contribution in [0.25, 0.3) is 0 Å². The summed E-state index contributed by atoms with van der Waals surface area (Å²) in [6, 6.07) is 24.0. The number of hydrogen-bond acceptors (Lipinski definition) is 10. The molecule has 0 saturated carbocycles. The molecule has 48 heavy (non-hydrogen) atoms. The van der Waals surface area contributed by atoms with Gasteiger partial charge in [0.2, 0.25) is 5.91 Å². The molecule has 1 fully saturated rings. The highest BCUT2D eigenvalue weighted by molar-refractivity contribution is 8.13. The molecule has 1 saturated heterocycles. The molecule has 11 nitrogen and oxygen atoms in total. The monoisotopic (exact) mass is 671 g/mol. The average molecular weight is 672 g/mol. The molecule has 3 aromatic carbocycles. The Kier molecular flexibility index (Phi) is 12.0. The molecule has 2 unspecified atom stereocenters. The molecule has 3 aromatic rings. The van der Waals surface area contributed by atoms with Crippen LogP contribution in [0.15, 0.2) is 88.8 Å². The minimum atomic E-state index is -0.983. The van der Waals surface area contributed by atoms with Gasteiger partial charge in [0.1, 0.15) is 17.8 Å². The molecular weight excluding hydrogens is 630 g/mol. The predicted octanol–water partition coefficient (Wildman–Crippen LogP) is 6.48. The summed E-state index contributed by atoms with van der Waals surface area (Å²) in [6.07, 6.45) is 1.98. The number of carbonyl (C=O) groups is 2. The van der Waals surface area contributed by atoms with Gasteiger partial charge in [-0.05, 0) is 87.1 Å². The molecule has 252 valence electrons. The van der Waals surface area contributed by atoms with Crippen molar-refractivity contribution in [2.45, 2.75) is 50.4 Å². The second-order valence-electron chi connectivity index (χ2n) is 11.9. The normalized spacial score (nSPS) is 18.4. The van der Waals surface area contributed by atoms with Gasteiger partial charge in [0.05, 0.1) is 19.1 Å². The summed E-state index contributed by atoms with van der Waals surface area (Å²) < 4.78 is 10.4. The van der Waals surface area contributed by atoms with E-state index in [-0.39, 0.29) is 18.0 Å². The van der Waals surface area contributed by atoms with E-state index in [0.717, 1.165) is 43.8 Å². The quantitative estimate of drug-likeness (QED) is 0.122. The minimum Gasteiger partial charge on any atom is -0.497 e. The van der Waals surface area contributed by atoms with Crippen molar-refractivity contribution in [1.29, 1.82) is 0 Å². The molecule has 12 heteroatoms. The van der Waals surface area contributed by atoms with Crippen LogP contribution in [0.5, 0.6) is 5.75 Å². The van der Waals surface area contributed by atoms with E-state index < -0.39 is 23.0 Å². The van der Waals surface area contributed by atoms with Crippen LogP contribution in [0.2, 0.25) is 0 Å². The van der Waals surface area contributed by atoms with E-state index in [2.05, 4.69) is 34.2 Å². The Balaban J connectivity index is 1.34. The summed E-state index contributed by atoms with van der Waals surface area (Å²) >= 11 is 1.39. The zero-order chi connectivity index (χ0) is 34.0. The summed E-state index contributed by atoms with van der Waals surface area (Å²) in [5.74, 6) is 0.105. The summed E-state index contributed by atoms with van der Waals surface area (Å²) in [5.41, 5.74) is 3.18. The van der Waals surface area contributed by atoms with E-state index >= 15 is 0 Å². The van der Waals surface area contributed by atoms with E-state index in [4.69, 9.17) is 14.5 Å². The summed E-state index contributed by atoms with van der Waals surface area (Å²) in [5, 5.41) is 11.8. The predicted molar refractivity (Wildman–Crippen MR) is 189 cm³/mol. The smallest absolute Gasteiger partial charge is 0.318 e. The van der Waals surface area contributed by atoms with Crippen LogP contribution in [-0.2, 0) is 20.1 Å². The minimum absolute atomic E-state index is 0.102. The molecule has 0 aromatic heterocycles. The average Bonchev–Trinajstić information content (AvgIpc) is 3.11. The Bertz CT molecular complexity index is 1620. The van der Waals surface area contributed by atoms with Crippen LogP contribution >= 0.6 is 11.8 Å². The highest BCUT2D eigenvalue weighted by Gasteiger charge is 2.41. The van der Waals surface area contributed by atoms with Gasteiger partial charge in [0, 0.05) is 35.7 Å². The molecule has 2 atom stereocenters. The number of aliphatic imine (C=N–C) groups is 2. The molecule has 2 aliphatic rings. The SMILES string of the molecule is COC(=O)C1C(C)=NC(SCc2ccc(OC)cc2)=NC1N(C(=O)CCCN1CCC(c2ccccc2)CC1)c1ccc([N+](=O)[O-])cc1. The van der Waals surface area contributed by atoms with Crippen LogP contribution in [0, 0.1) is 16.0 Å². The third-order valence-corrected chi connectivity index (χ3v) is 9.77. The third-order valence-electron chi connectivity index (χ3n) is 8.84. The van der Waals surface area contributed by atoms with Gasteiger partial charge >= 0.3 is 5.97 Å². The van der Waals surface area contributed by atoms with Crippen LogP contribution in [0.1, 0.15) is 49.7 Å². The van der Waals surface area contributed by atoms with Crippen LogP contribution in [0.4, 0.5) is 11.4 Å². The van der Waals surface area contributed by atoms with Crippen molar-refractivity contribution < 1.29 is 24.0 Å². The number of nitro groups is 1. The number of amidine groups is 1. The Morgan fingerprint density at radius 1 is 1.00 bits per heavy atom. The zero-order valence-electron chi connectivity index (χ0n) is 27.5. The number of amides is 1. The highest BCUT2D eigenvalue weighted by Crippen LogP contribution is 2.32. The zero-order valence-corrected chi connectivity index (χ0v) is 28.3. The largest absolute Gasteiger partial charge is 0.497 e. The van der Waals surface area contributed by atoms with Crippen molar-refractivity contribution in [3.05, 3.63) is 100 Å². The van der Waals surface area contributed by atoms with Gasteiger partial charge in [-0.1, -0.05) is 54.2 Å². The van der Waals surface area contributed by atoms with E-state index in [1.165, 1.54) is 53.6 Å². The number of rotatable bonds is 12. The Labute approximate surface area is 285 Å². The maximum absolute atomic E-state index is 14.1. The maximum Gasteiger partial charge on any atom is 0.318 e. The molecular formula is C36H41N5O6S. The number of likely N-dealkylation sites (tertiary alicyclic amines) is 1. The number of carbonyl (C=O) groups excluding carboxylic acids is 2. The lowest BCUT2D eigenvalue weighted by Crippen LogP contribution is -2.50. The highest BCUT2D eigenvalue weighted by atomic mass is 32.2. The fourth-order valence-corrected chi connectivity index (χ4v) is 7.07. The van der Waals surface area contributed by atoms with E-state index in [0.29, 0.717) is 34.7 Å². The summed E-state index contributed by atoms with van der Waals surface area (Å²) in [4.78, 5) is 51.6. The fraction of sp³-hybridized carbons (Fsp3) is 0.389. The number of esters is 1. The van der Waals surface area contributed by atoms with Gasteiger partial charge in [-0.3, -0.25) is 24.6 Å². The van der Waals surface area contributed by atoms with Gasteiger partial charge in [-0.15, -0.1) is 0 Å². The number of piperidine rings is 1. The molecule has 0 N–H and O–H groups in total. The van der Waals surface area contributed by atoms with Gasteiger partial charge in [-0.2, -0.15) is 0 Å². The molecule has 0 spiro atoms. The van der Waals surface area contributed by atoms with Crippen LogP contribution in [-0.4, -0.2) is 72.6 Å². The number of non-ortho nitro benzene ring substituents is 1. The van der Waals surface area contributed by atoms with Crippen molar-refractivity contribution in [3.8, 4) is 5.75 Å². The first-order chi connectivity index (χ1) is 23.3. The number of anilines is 1. The number of benzene rings is 3. The van der Waals surface area contributed by atoms with Crippen molar-refractivity contribution in [2.24, 2.45) is 15.9 Å². The number of thioether (sulfide) groups is 1. The molecule has 1 amide bonds. The fourth-order valence-electron chi connectivity index (χ4n) is 6.19. The Hall–Kier alpha value is -4.55. The first-order valence-electron chi connectivity index (χ1n) is 16.1. The van der Waals surface area contributed by atoms with Crippen LogP contribution < -0.4 is 9.64 Å². The van der Waals surface area contributed by atoms with E-state index in [9.17, 15) is 19.7 Å². The molecule has 2 aliphatic heterocycles. The third kappa shape index (κ3) is 8.67. The number of nitrogens with zero attached hydrogens (tertiary/aromatic N) is 5. The lowest BCUT2D eigenvalue weighted by Gasteiger charge is -2.36. The summed E-state index contributed by atoms with van der Waals surface area (Å²) in [7, 11) is 2.91. The van der Waals surface area contributed by atoms with Crippen LogP contribution in [0.3, 0.4) is 0 Å². The van der Waals surface area contributed by atoms with E-state index in [1.807, 2.05) is 30.3 Å². The van der Waals surface area contributed by atoms with Crippen molar-refractivity contribution >= 4 is 45.9 Å². The van der Waals surface area contributed by atoms with Crippen molar-refractivity contribution in [1.82, 2.24) is 4.90 Å². The number of nitro benzene ring substituents is 1. The summed E-state index contributed by atoms with van der Waals surface area (Å²) in [6.45, 7) is 4.41. The van der Waals surface area contributed by atoms with Gasteiger partial charge in [0.15, 0.2) is 5.17 Å². The lowest BCUT2D eigenvalue weighted by molar-refractivity contribution is -0.384. The second-order valence-corrected chi connectivity index (χ2v) is 12.8. The molecule has 2 heterocycles. The first-order valence-corrected chi connectivity index (χ1v) is 17.1. The number of ether oxygens (including phenoxy) is 2. The Morgan fingerprint density at radius 2 is 1.69 bits per heavy atom. The number of hydrogen-bond donors (Lipinski definition) is 0. The van der Waals surface area contributed by atoms with Gasteiger partial charge in [-0.25, -0.2) is 9.98 Å². The van der Waals surface area contributed by atoms with Gasteiger partial charge in [0.25, 0.3) is 5.69 Å². The molecule has 0 aliphatic carbocycles.